The monoisotopic (exact) mass is 675 g/mol. The maximum absolute atomic E-state index is 14.4. The van der Waals surface area contributed by atoms with Crippen LogP contribution in [0.5, 0.6) is 0 Å². The lowest BCUT2D eigenvalue weighted by molar-refractivity contribution is -0.706. The lowest BCUT2D eigenvalue weighted by Crippen LogP contribution is -2.56. The van der Waals surface area contributed by atoms with Gasteiger partial charge in [-0.2, -0.15) is 0 Å². The van der Waals surface area contributed by atoms with E-state index in [-0.39, 0.29) is 53.0 Å². The van der Waals surface area contributed by atoms with Gasteiger partial charge in [0.25, 0.3) is 23.4 Å². The van der Waals surface area contributed by atoms with Crippen LogP contribution in [0.4, 0.5) is 11.4 Å². The topological polar surface area (TPSA) is 214 Å². The van der Waals surface area contributed by atoms with Gasteiger partial charge in [0.1, 0.15) is 11.5 Å². The summed E-state index contributed by atoms with van der Waals surface area (Å²) in [6, 6.07) is 14.3. The van der Waals surface area contributed by atoms with Crippen molar-refractivity contribution in [3.05, 3.63) is 99.3 Å². The second-order valence-electron chi connectivity index (χ2n) is 13.4. The third kappa shape index (κ3) is 4.65. The van der Waals surface area contributed by atoms with Crippen molar-refractivity contribution in [2.24, 2.45) is 23.5 Å². The highest BCUT2D eigenvalue weighted by Gasteiger charge is 2.54. The molecule has 0 saturated heterocycles. The van der Waals surface area contributed by atoms with E-state index in [2.05, 4.69) is 6.72 Å². The number of aliphatic hydroxyl groups excluding tert-OH is 2. The Morgan fingerprint density at radius 2 is 1.70 bits per heavy atom. The Labute approximate surface area is 286 Å². The molecule has 7 rings (SSSR count). The molecular formula is C37H35N6O7+. The lowest BCUT2D eigenvalue weighted by atomic mass is 9.59. The molecule has 3 aromatic rings. The summed E-state index contributed by atoms with van der Waals surface area (Å²) in [7, 11) is 3.44. The van der Waals surface area contributed by atoms with Crippen LogP contribution in [-0.2, 0) is 22.6 Å². The van der Waals surface area contributed by atoms with Crippen molar-refractivity contribution in [3.8, 4) is 11.1 Å². The number of ketones is 1. The molecular weight excluding hydrogens is 640 g/mol. The van der Waals surface area contributed by atoms with Crippen molar-refractivity contribution in [1.82, 2.24) is 9.80 Å². The number of benzene rings is 3. The van der Waals surface area contributed by atoms with Crippen molar-refractivity contribution in [2.75, 3.05) is 19.8 Å². The highest BCUT2D eigenvalue weighted by atomic mass is 16.5. The number of rotatable bonds is 6. The summed E-state index contributed by atoms with van der Waals surface area (Å²) in [5.74, 6) is -6.03. The van der Waals surface area contributed by atoms with Gasteiger partial charge in [-0.1, -0.05) is 24.3 Å². The van der Waals surface area contributed by atoms with Crippen LogP contribution in [0.15, 0.2) is 71.5 Å². The molecule has 50 heavy (non-hydrogen) atoms. The zero-order valence-corrected chi connectivity index (χ0v) is 27.3. The fourth-order valence-electron chi connectivity index (χ4n) is 8.27. The smallest absolute Gasteiger partial charge is 0.261 e. The summed E-state index contributed by atoms with van der Waals surface area (Å²) >= 11 is 0. The van der Waals surface area contributed by atoms with E-state index in [0.29, 0.717) is 32.7 Å². The molecule has 0 aromatic heterocycles. The van der Waals surface area contributed by atoms with E-state index in [1.807, 2.05) is 0 Å². The normalized spacial score (nSPS) is 22.8. The number of nitrogens with two attached hydrogens (primary N) is 2. The third-order valence-corrected chi connectivity index (χ3v) is 10.4. The number of Topliss-reactive ketones (excluding diaryl/α,β-unsaturated/α-hetero) is 1. The molecule has 1 unspecified atom stereocenters. The van der Waals surface area contributed by atoms with Crippen LogP contribution in [0.2, 0.25) is 0 Å². The van der Waals surface area contributed by atoms with E-state index in [1.165, 1.54) is 0 Å². The number of aliphatic hydroxyl groups is 2. The van der Waals surface area contributed by atoms with E-state index in [9.17, 15) is 34.6 Å². The standard InChI is InChI=1S/C37H34N6O7/c1-41(2)31-24-13-17-12-23-22(16-7-6-8-19(11-16)42(3)50)14-18(15-43-36(48)20-9-4-5-10-21(20)37(43)49)29(38)26(23)32(44)25(17)33(45)27(24)34(46)28(30(31)39)35(40)47/h4-11,14,17,24,27,31H,3,12-13,15H2,1-2H3,(H7-,38,39,40,44,45,46,47,50)/p+1/t17-,24+,27?,31-/m0/s1. The van der Waals surface area contributed by atoms with Gasteiger partial charge in [-0.15, -0.1) is 0 Å². The molecule has 1 saturated carbocycles. The minimum atomic E-state index is -1.24. The van der Waals surface area contributed by atoms with Crippen molar-refractivity contribution in [1.29, 1.82) is 5.41 Å². The van der Waals surface area contributed by atoms with Gasteiger partial charge in [-0.05, 0) is 79.2 Å². The average molecular weight is 676 g/mol. The Bertz CT molecular complexity index is 2150. The fraction of sp³-hybridized carbons (Fsp3) is 0.243. The first-order chi connectivity index (χ1) is 23.7. The van der Waals surface area contributed by atoms with Crippen LogP contribution in [-0.4, -0.2) is 86.0 Å². The van der Waals surface area contributed by atoms with Crippen molar-refractivity contribution < 1.29 is 39.3 Å². The molecule has 3 aromatic carbocycles. The van der Waals surface area contributed by atoms with E-state index in [1.54, 1.807) is 73.6 Å². The summed E-state index contributed by atoms with van der Waals surface area (Å²) in [6.45, 7) is 3.32. The highest BCUT2D eigenvalue weighted by Crippen LogP contribution is 2.52. The molecule has 1 heterocycles. The van der Waals surface area contributed by atoms with E-state index in [4.69, 9.17) is 16.9 Å². The number of anilines is 1. The Balaban J connectivity index is 1.42. The molecule has 0 radical (unpaired) electrons. The number of nitrogen functional groups attached to an aromatic ring is 1. The minimum absolute atomic E-state index is 0.0311. The van der Waals surface area contributed by atoms with Gasteiger partial charge in [0.05, 0.1) is 40.9 Å². The molecule has 3 aliphatic carbocycles. The first kappa shape index (κ1) is 32.5. The second kappa shape index (κ2) is 11.5. The largest absolute Gasteiger partial charge is 0.511 e. The number of amides is 3. The van der Waals surface area contributed by atoms with Crippen LogP contribution in [0, 0.1) is 23.2 Å². The molecule has 1 aliphatic heterocycles. The number of primary amides is 1. The Morgan fingerprint density at radius 1 is 1.04 bits per heavy atom. The Kier molecular flexibility index (Phi) is 7.48. The van der Waals surface area contributed by atoms with Crippen molar-refractivity contribution in [2.45, 2.75) is 25.4 Å². The molecule has 13 nitrogen and oxygen atoms in total. The molecule has 1 fully saturated rings. The molecule has 0 spiro atoms. The maximum Gasteiger partial charge on any atom is 0.261 e. The van der Waals surface area contributed by atoms with E-state index in [0.717, 1.165) is 4.90 Å². The summed E-state index contributed by atoms with van der Waals surface area (Å²) in [4.78, 5) is 56.3. The lowest BCUT2D eigenvalue weighted by Gasteiger charge is -2.47. The van der Waals surface area contributed by atoms with Gasteiger partial charge < -0.3 is 32.0 Å². The van der Waals surface area contributed by atoms with Crippen LogP contribution < -0.4 is 11.5 Å². The number of carbonyl (C=O) groups excluding carboxylic acids is 4. The van der Waals surface area contributed by atoms with Crippen molar-refractivity contribution >= 4 is 53.1 Å². The van der Waals surface area contributed by atoms with Crippen LogP contribution in [0.3, 0.4) is 0 Å². The summed E-state index contributed by atoms with van der Waals surface area (Å²) in [5.41, 5.74) is 15.0. The van der Waals surface area contributed by atoms with E-state index < -0.39 is 64.4 Å². The number of allylic oxidation sites excluding steroid dienone is 2. The average Bonchev–Trinajstić information content (AvgIpc) is 3.30. The SMILES string of the molecule is C=[N+](O)c1cccc(-c2cc(CN3C(=O)c4ccccc4C3=O)c(N)c3c2C[C@H]2C[C@@H]4C(C(=O)C2=C3O)C(O)=C(C(N)=O)C(=N)[C@H]4N(C)C)c1. The molecule has 13 heteroatoms. The summed E-state index contributed by atoms with van der Waals surface area (Å²) < 4.78 is 0.710. The Morgan fingerprint density at radius 3 is 2.30 bits per heavy atom. The summed E-state index contributed by atoms with van der Waals surface area (Å²) in [6.07, 6.45) is 0.505. The minimum Gasteiger partial charge on any atom is -0.511 e. The molecule has 3 amide bonds. The number of hydrogen-bond acceptors (Lipinski definition) is 10. The highest BCUT2D eigenvalue weighted by molar-refractivity contribution is 6.24. The fourth-order valence-corrected chi connectivity index (χ4v) is 8.27. The third-order valence-electron chi connectivity index (χ3n) is 10.4. The number of fused-ring (bicyclic) bond motifs is 4. The van der Waals surface area contributed by atoms with Gasteiger partial charge >= 0.3 is 0 Å². The van der Waals surface area contributed by atoms with Gasteiger partial charge in [-0.3, -0.25) is 29.3 Å². The Hall–Kier alpha value is -6.08. The zero-order valence-electron chi connectivity index (χ0n) is 27.3. The molecule has 8 N–H and O–H groups in total. The number of carbonyl (C=O) groups is 4. The van der Waals surface area contributed by atoms with Crippen LogP contribution in [0.25, 0.3) is 16.9 Å². The number of nitrogens with one attached hydrogen (secondary N) is 1. The van der Waals surface area contributed by atoms with Gasteiger partial charge in [0, 0.05) is 33.7 Å². The quantitative estimate of drug-likeness (QED) is 0.0563. The van der Waals surface area contributed by atoms with Crippen LogP contribution >= 0.6 is 0 Å². The zero-order chi connectivity index (χ0) is 35.9. The van der Waals surface area contributed by atoms with Gasteiger partial charge in [0.2, 0.25) is 0 Å². The molecule has 254 valence electrons. The van der Waals surface area contributed by atoms with E-state index >= 15 is 0 Å². The maximum atomic E-state index is 14.4. The first-order valence-electron chi connectivity index (χ1n) is 16.0. The van der Waals surface area contributed by atoms with Gasteiger partial charge in [0.15, 0.2) is 12.5 Å². The second-order valence-corrected chi connectivity index (χ2v) is 13.4. The number of imide groups is 1. The molecule has 0 bridgehead atoms. The summed E-state index contributed by atoms with van der Waals surface area (Å²) in [5, 5.41) is 42.2. The predicted octanol–water partition coefficient (Wildman–Crippen LogP) is 3.37. The predicted molar refractivity (Wildman–Crippen MR) is 183 cm³/mol. The number of nitrogens with zero attached hydrogens (tertiary/aromatic N) is 3. The molecule has 4 atom stereocenters. The molecule has 4 aliphatic rings. The number of hydrogen-bond donors (Lipinski definition) is 6. The van der Waals surface area contributed by atoms with Gasteiger partial charge in [-0.25, -0.2) is 0 Å². The first-order valence-corrected chi connectivity index (χ1v) is 16.0. The van der Waals surface area contributed by atoms with Crippen LogP contribution in [0.1, 0.15) is 43.8 Å². The van der Waals surface area contributed by atoms with Crippen molar-refractivity contribution in [3.63, 3.8) is 0 Å².